The minimum absolute atomic E-state index is 0.146. The number of aryl methyl sites for hydroxylation is 3. The second-order valence-electron chi connectivity index (χ2n) is 7.90. The van der Waals surface area contributed by atoms with Crippen LogP contribution in [0.25, 0.3) is 10.9 Å². The number of piperidine rings is 1. The molecule has 1 saturated heterocycles. The Balaban J connectivity index is 1.34. The average Bonchev–Trinajstić information content (AvgIpc) is 3.30. The predicted molar refractivity (Wildman–Crippen MR) is 104 cm³/mol. The lowest BCUT2D eigenvalue weighted by atomic mass is 9.94. The smallest absolute Gasteiger partial charge is 0.253 e. The largest absolute Gasteiger partial charge is 0.358 e. The number of nitrogens with one attached hydrogen (secondary N) is 2. The molecule has 0 unspecified atom stereocenters. The number of hydrogen-bond acceptors (Lipinski definition) is 3. The lowest BCUT2D eigenvalue weighted by molar-refractivity contribution is 0.0711. The molecule has 0 saturated carbocycles. The fourth-order valence-corrected chi connectivity index (χ4v) is 4.60. The molecule has 1 aliphatic heterocycles. The molecular weight excluding hydrogens is 338 g/mol. The maximum Gasteiger partial charge on any atom is 0.253 e. The topological polar surface area (TPSA) is 77.7 Å². The summed E-state index contributed by atoms with van der Waals surface area (Å²) in [6.45, 7) is 3.45. The number of hydrogen-bond donors (Lipinski definition) is 2. The van der Waals surface area contributed by atoms with Crippen LogP contribution in [-0.4, -0.2) is 44.1 Å². The van der Waals surface area contributed by atoms with E-state index in [4.69, 9.17) is 0 Å². The molecule has 3 heterocycles. The van der Waals surface area contributed by atoms with E-state index in [-0.39, 0.29) is 5.91 Å². The van der Waals surface area contributed by atoms with Crippen LogP contribution in [0.5, 0.6) is 0 Å². The highest BCUT2D eigenvalue weighted by molar-refractivity contribution is 5.99. The van der Waals surface area contributed by atoms with Gasteiger partial charge in [0.2, 0.25) is 0 Å². The molecule has 1 amide bonds. The van der Waals surface area contributed by atoms with E-state index in [0.717, 1.165) is 61.5 Å². The first-order chi connectivity index (χ1) is 13.2. The van der Waals surface area contributed by atoms with Gasteiger partial charge in [0, 0.05) is 41.2 Å². The highest BCUT2D eigenvalue weighted by Crippen LogP contribution is 2.31. The van der Waals surface area contributed by atoms with Gasteiger partial charge in [-0.25, -0.2) is 4.98 Å². The quantitative estimate of drug-likeness (QED) is 0.731. The van der Waals surface area contributed by atoms with Crippen molar-refractivity contribution >= 4 is 16.8 Å². The van der Waals surface area contributed by atoms with Crippen LogP contribution in [0.4, 0.5) is 0 Å². The highest BCUT2D eigenvalue weighted by atomic mass is 16.2. The molecule has 1 fully saturated rings. The number of carbonyl (C=O) groups is 1. The lowest BCUT2D eigenvalue weighted by Gasteiger charge is -2.31. The van der Waals surface area contributed by atoms with Crippen LogP contribution in [0.2, 0.25) is 0 Å². The third-order valence-corrected chi connectivity index (χ3v) is 6.11. The van der Waals surface area contributed by atoms with Gasteiger partial charge in [-0.2, -0.15) is 5.10 Å². The van der Waals surface area contributed by atoms with Gasteiger partial charge in [-0.3, -0.25) is 9.89 Å². The number of aromatic amines is 2. The van der Waals surface area contributed by atoms with Crippen molar-refractivity contribution in [1.82, 2.24) is 25.1 Å². The molecule has 140 valence electrons. The Morgan fingerprint density at radius 1 is 1.19 bits per heavy atom. The van der Waals surface area contributed by atoms with Gasteiger partial charge in [-0.15, -0.1) is 0 Å². The summed E-state index contributed by atoms with van der Waals surface area (Å²) in [5, 5.41) is 8.45. The van der Waals surface area contributed by atoms with E-state index in [1.165, 1.54) is 29.5 Å². The zero-order valence-electron chi connectivity index (χ0n) is 15.7. The van der Waals surface area contributed by atoms with Crippen molar-refractivity contribution in [3.63, 3.8) is 0 Å². The van der Waals surface area contributed by atoms with Crippen molar-refractivity contribution in [2.24, 2.45) is 0 Å². The van der Waals surface area contributed by atoms with Crippen molar-refractivity contribution in [2.75, 3.05) is 13.1 Å². The van der Waals surface area contributed by atoms with E-state index in [9.17, 15) is 4.79 Å². The molecular formula is C21H25N5O. The number of carbonyl (C=O) groups excluding carboxylic acids is 1. The summed E-state index contributed by atoms with van der Waals surface area (Å²) in [4.78, 5) is 23.0. The molecule has 1 aromatic carbocycles. The Kier molecular flexibility index (Phi) is 3.99. The van der Waals surface area contributed by atoms with Gasteiger partial charge in [-0.05, 0) is 69.2 Å². The second kappa shape index (κ2) is 6.51. The van der Waals surface area contributed by atoms with E-state index in [1.54, 1.807) is 0 Å². The molecule has 2 aromatic heterocycles. The van der Waals surface area contributed by atoms with Gasteiger partial charge < -0.3 is 9.88 Å². The van der Waals surface area contributed by atoms with Gasteiger partial charge in [0.1, 0.15) is 5.82 Å². The minimum atomic E-state index is 0.146. The van der Waals surface area contributed by atoms with Crippen LogP contribution in [0.3, 0.4) is 0 Å². The minimum Gasteiger partial charge on any atom is -0.358 e. The average molecular weight is 363 g/mol. The Morgan fingerprint density at radius 3 is 2.78 bits per heavy atom. The van der Waals surface area contributed by atoms with Gasteiger partial charge >= 0.3 is 0 Å². The number of benzene rings is 1. The van der Waals surface area contributed by atoms with Crippen molar-refractivity contribution in [2.45, 2.75) is 51.4 Å². The number of amides is 1. The Bertz CT molecular complexity index is 993. The first-order valence-electron chi connectivity index (χ1n) is 10.0. The molecule has 0 atom stereocenters. The van der Waals surface area contributed by atoms with Gasteiger partial charge in [0.05, 0.1) is 0 Å². The third kappa shape index (κ3) is 2.93. The van der Waals surface area contributed by atoms with Crippen LogP contribution in [0.1, 0.15) is 64.9 Å². The Hall–Kier alpha value is -2.63. The summed E-state index contributed by atoms with van der Waals surface area (Å²) in [6, 6.07) is 6.14. The molecule has 27 heavy (non-hydrogen) atoms. The monoisotopic (exact) mass is 363 g/mol. The van der Waals surface area contributed by atoms with Crippen molar-refractivity contribution in [1.29, 1.82) is 0 Å². The number of likely N-dealkylation sites (tertiary alicyclic amines) is 1. The summed E-state index contributed by atoms with van der Waals surface area (Å²) in [7, 11) is 0. The fraction of sp³-hybridized carbons (Fsp3) is 0.476. The molecule has 5 rings (SSSR count). The maximum atomic E-state index is 13.1. The van der Waals surface area contributed by atoms with Crippen LogP contribution < -0.4 is 0 Å². The first-order valence-corrected chi connectivity index (χ1v) is 10.0. The summed E-state index contributed by atoms with van der Waals surface area (Å²) in [5.74, 6) is 2.23. The van der Waals surface area contributed by atoms with Crippen LogP contribution in [0.15, 0.2) is 18.2 Å². The van der Waals surface area contributed by atoms with E-state index in [0.29, 0.717) is 5.92 Å². The predicted octanol–water partition coefficient (Wildman–Crippen LogP) is 3.49. The van der Waals surface area contributed by atoms with Crippen molar-refractivity contribution in [3.8, 4) is 0 Å². The molecule has 2 N–H and O–H groups in total. The normalized spacial score (nSPS) is 18.0. The van der Waals surface area contributed by atoms with Crippen LogP contribution in [-0.2, 0) is 12.8 Å². The molecule has 0 radical (unpaired) electrons. The van der Waals surface area contributed by atoms with Gasteiger partial charge in [0.15, 0.2) is 5.82 Å². The van der Waals surface area contributed by atoms with E-state index < -0.39 is 0 Å². The number of H-pyrrole nitrogens is 2. The van der Waals surface area contributed by atoms with E-state index in [2.05, 4.69) is 32.3 Å². The number of fused-ring (bicyclic) bond motifs is 3. The Morgan fingerprint density at radius 2 is 2.00 bits per heavy atom. The zero-order chi connectivity index (χ0) is 18.4. The first kappa shape index (κ1) is 16.5. The number of nitrogens with zero attached hydrogens (tertiary/aromatic N) is 3. The van der Waals surface area contributed by atoms with E-state index in [1.807, 2.05) is 17.9 Å². The molecule has 2 aliphatic rings. The summed E-state index contributed by atoms with van der Waals surface area (Å²) < 4.78 is 0. The van der Waals surface area contributed by atoms with Crippen molar-refractivity contribution < 1.29 is 4.79 Å². The summed E-state index contributed by atoms with van der Waals surface area (Å²) >= 11 is 0. The fourth-order valence-electron chi connectivity index (χ4n) is 4.60. The third-order valence-electron chi connectivity index (χ3n) is 6.11. The number of rotatable bonds is 2. The molecule has 3 aromatic rings. The molecule has 1 aliphatic carbocycles. The standard InChI is InChI=1S/C21H25N5O/c1-13-22-20(25-24-13)14-8-10-26(11-9-14)21(27)15-6-7-19-17(12-15)16-4-2-3-5-18(16)23-19/h6-7,12,14,23H,2-5,8-11H2,1H3,(H,22,24,25). The molecule has 0 spiro atoms. The van der Waals surface area contributed by atoms with Gasteiger partial charge in [0.25, 0.3) is 5.91 Å². The number of aromatic nitrogens is 4. The Labute approximate surface area is 158 Å². The zero-order valence-corrected chi connectivity index (χ0v) is 15.7. The SMILES string of the molecule is Cc1nc(C2CCN(C(=O)c3ccc4[nH]c5c(c4c3)CCCC5)CC2)n[nH]1. The lowest BCUT2D eigenvalue weighted by Crippen LogP contribution is -2.38. The van der Waals surface area contributed by atoms with E-state index >= 15 is 0 Å². The van der Waals surface area contributed by atoms with Crippen molar-refractivity contribution in [3.05, 3.63) is 46.7 Å². The maximum absolute atomic E-state index is 13.1. The van der Waals surface area contributed by atoms with Crippen LogP contribution in [0, 0.1) is 6.92 Å². The van der Waals surface area contributed by atoms with Gasteiger partial charge in [-0.1, -0.05) is 0 Å². The summed E-state index contributed by atoms with van der Waals surface area (Å²) in [5.41, 5.74) is 4.76. The van der Waals surface area contributed by atoms with Crippen LogP contribution >= 0.6 is 0 Å². The molecule has 6 nitrogen and oxygen atoms in total. The molecule has 6 heteroatoms. The highest BCUT2D eigenvalue weighted by Gasteiger charge is 2.27. The summed E-state index contributed by atoms with van der Waals surface area (Å²) in [6.07, 6.45) is 6.59. The molecule has 0 bridgehead atoms. The second-order valence-corrected chi connectivity index (χ2v) is 7.90.